The summed E-state index contributed by atoms with van der Waals surface area (Å²) in [6, 6.07) is 0. The van der Waals surface area contributed by atoms with Crippen molar-refractivity contribution in [3.05, 3.63) is 11.8 Å². The molecule has 0 aromatic heterocycles. The van der Waals surface area contributed by atoms with Crippen LogP contribution in [0.3, 0.4) is 0 Å². The van der Waals surface area contributed by atoms with Crippen LogP contribution in [0.15, 0.2) is 11.8 Å². The zero-order valence-corrected chi connectivity index (χ0v) is 9.36. The van der Waals surface area contributed by atoms with Gasteiger partial charge in [0.1, 0.15) is 12.7 Å². The van der Waals surface area contributed by atoms with Crippen molar-refractivity contribution in [1.29, 1.82) is 5.41 Å². The highest BCUT2D eigenvalue weighted by atomic mass is 16.5. The average Bonchev–Trinajstić information content (AvgIpc) is 2.31. The minimum atomic E-state index is -0.185. The average molecular weight is 224 g/mol. The molecule has 1 aliphatic heterocycles. The molecular formula is C11H16N2O3. The number of hydrogen-bond acceptors (Lipinski definition) is 4. The molecule has 1 N–H and O–H groups in total. The molecule has 1 aliphatic carbocycles. The highest BCUT2D eigenvalue weighted by molar-refractivity contribution is 5.89. The van der Waals surface area contributed by atoms with E-state index >= 15 is 0 Å². The first-order chi connectivity index (χ1) is 7.72. The number of hydrogen-bond donors (Lipinski definition) is 1. The number of rotatable bonds is 2. The SMILES string of the molecule is COC1CC(N2CCOCC2=O)=CCC1=N. The van der Waals surface area contributed by atoms with Crippen molar-refractivity contribution in [2.45, 2.75) is 18.9 Å². The van der Waals surface area contributed by atoms with Gasteiger partial charge in [-0.1, -0.05) is 6.08 Å². The van der Waals surface area contributed by atoms with Crippen molar-refractivity contribution in [3.8, 4) is 0 Å². The Morgan fingerprint density at radius 3 is 3.12 bits per heavy atom. The fraction of sp³-hybridized carbons (Fsp3) is 0.636. The van der Waals surface area contributed by atoms with Crippen molar-refractivity contribution >= 4 is 11.6 Å². The van der Waals surface area contributed by atoms with Gasteiger partial charge < -0.3 is 19.8 Å². The number of morpholine rings is 1. The van der Waals surface area contributed by atoms with Gasteiger partial charge in [0.2, 0.25) is 0 Å². The van der Waals surface area contributed by atoms with Gasteiger partial charge in [-0.3, -0.25) is 4.79 Å². The smallest absolute Gasteiger partial charge is 0.252 e. The lowest BCUT2D eigenvalue weighted by molar-refractivity contribution is -0.140. The molecule has 0 radical (unpaired) electrons. The van der Waals surface area contributed by atoms with Crippen LogP contribution in [0.4, 0.5) is 0 Å². The predicted octanol–water partition coefficient (Wildman–Crippen LogP) is 0.558. The van der Waals surface area contributed by atoms with E-state index in [2.05, 4.69) is 0 Å². The Morgan fingerprint density at radius 2 is 2.44 bits per heavy atom. The van der Waals surface area contributed by atoms with E-state index in [9.17, 15) is 4.79 Å². The van der Waals surface area contributed by atoms with E-state index in [0.717, 1.165) is 5.70 Å². The second-order valence-electron chi connectivity index (χ2n) is 3.95. The maximum absolute atomic E-state index is 11.6. The third-order valence-electron chi connectivity index (χ3n) is 2.96. The number of nitrogens with zero attached hydrogens (tertiary/aromatic N) is 1. The topological polar surface area (TPSA) is 62.6 Å². The van der Waals surface area contributed by atoms with Crippen LogP contribution in [0, 0.1) is 5.41 Å². The number of amides is 1. The molecule has 0 bridgehead atoms. The lowest BCUT2D eigenvalue weighted by Gasteiger charge is -2.33. The van der Waals surface area contributed by atoms with Crippen molar-refractivity contribution in [2.75, 3.05) is 26.9 Å². The van der Waals surface area contributed by atoms with Gasteiger partial charge in [-0.2, -0.15) is 0 Å². The fourth-order valence-electron chi connectivity index (χ4n) is 2.02. The van der Waals surface area contributed by atoms with E-state index in [-0.39, 0.29) is 18.6 Å². The van der Waals surface area contributed by atoms with E-state index in [1.807, 2.05) is 6.08 Å². The first kappa shape index (κ1) is 11.3. The maximum Gasteiger partial charge on any atom is 0.252 e. The van der Waals surface area contributed by atoms with Crippen LogP contribution in [0.2, 0.25) is 0 Å². The first-order valence-electron chi connectivity index (χ1n) is 5.39. The van der Waals surface area contributed by atoms with E-state index < -0.39 is 0 Å². The van der Waals surface area contributed by atoms with Crippen LogP contribution >= 0.6 is 0 Å². The van der Waals surface area contributed by atoms with Crippen molar-refractivity contribution in [1.82, 2.24) is 4.90 Å². The molecule has 1 unspecified atom stereocenters. The third-order valence-corrected chi connectivity index (χ3v) is 2.96. The Hall–Kier alpha value is -1.20. The molecule has 2 aliphatic rings. The molecule has 0 spiro atoms. The third kappa shape index (κ3) is 2.15. The number of carbonyl (C=O) groups is 1. The van der Waals surface area contributed by atoms with Crippen LogP contribution in [-0.4, -0.2) is 49.5 Å². The van der Waals surface area contributed by atoms with Gasteiger partial charge in [-0.25, -0.2) is 0 Å². The fourth-order valence-corrected chi connectivity index (χ4v) is 2.02. The van der Waals surface area contributed by atoms with E-state index in [1.54, 1.807) is 12.0 Å². The zero-order chi connectivity index (χ0) is 11.5. The summed E-state index contributed by atoms with van der Waals surface area (Å²) in [5.41, 5.74) is 1.54. The quantitative estimate of drug-likeness (QED) is 0.745. The molecular weight excluding hydrogens is 208 g/mol. The van der Waals surface area contributed by atoms with Gasteiger partial charge >= 0.3 is 0 Å². The Labute approximate surface area is 94.5 Å². The number of allylic oxidation sites excluding steroid dienone is 1. The maximum atomic E-state index is 11.6. The van der Waals surface area contributed by atoms with E-state index in [0.29, 0.717) is 31.7 Å². The predicted molar refractivity (Wildman–Crippen MR) is 58.4 cm³/mol. The Kier molecular flexibility index (Phi) is 3.36. The molecule has 1 fully saturated rings. The Morgan fingerprint density at radius 1 is 1.62 bits per heavy atom. The molecule has 5 nitrogen and oxygen atoms in total. The summed E-state index contributed by atoms with van der Waals surface area (Å²) >= 11 is 0. The summed E-state index contributed by atoms with van der Waals surface area (Å²) in [6.07, 6.45) is 2.94. The van der Waals surface area contributed by atoms with Crippen LogP contribution in [-0.2, 0) is 14.3 Å². The molecule has 1 atom stereocenters. The van der Waals surface area contributed by atoms with Gasteiger partial charge in [-0.05, 0) is 0 Å². The Balaban J connectivity index is 2.09. The minimum Gasteiger partial charge on any atom is -0.375 e. The van der Waals surface area contributed by atoms with Crippen LogP contribution < -0.4 is 0 Å². The molecule has 1 heterocycles. The van der Waals surface area contributed by atoms with E-state index in [1.165, 1.54) is 0 Å². The summed E-state index contributed by atoms with van der Waals surface area (Å²) in [5.74, 6) is 0.000726. The molecule has 0 aromatic carbocycles. The summed E-state index contributed by atoms with van der Waals surface area (Å²) in [6.45, 7) is 1.35. The molecule has 1 saturated heterocycles. The number of nitrogens with one attached hydrogen (secondary N) is 1. The molecule has 0 aromatic rings. The Bertz CT molecular complexity index is 338. The largest absolute Gasteiger partial charge is 0.375 e. The van der Waals surface area contributed by atoms with Crippen LogP contribution in [0.1, 0.15) is 12.8 Å². The lowest BCUT2D eigenvalue weighted by atomic mass is 9.98. The van der Waals surface area contributed by atoms with Gasteiger partial charge in [-0.15, -0.1) is 0 Å². The van der Waals surface area contributed by atoms with Crippen molar-refractivity contribution in [2.24, 2.45) is 0 Å². The summed E-state index contributed by atoms with van der Waals surface area (Å²) in [7, 11) is 1.60. The van der Waals surface area contributed by atoms with E-state index in [4.69, 9.17) is 14.9 Å². The number of carbonyl (C=O) groups excluding carboxylic acids is 1. The second-order valence-corrected chi connectivity index (χ2v) is 3.95. The second kappa shape index (κ2) is 4.76. The molecule has 5 heteroatoms. The molecule has 2 rings (SSSR count). The molecule has 1 amide bonds. The molecule has 16 heavy (non-hydrogen) atoms. The van der Waals surface area contributed by atoms with Gasteiger partial charge in [0.15, 0.2) is 0 Å². The van der Waals surface area contributed by atoms with Crippen LogP contribution in [0.25, 0.3) is 0 Å². The molecule has 88 valence electrons. The lowest BCUT2D eigenvalue weighted by Crippen LogP contribution is -2.43. The first-order valence-corrected chi connectivity index (χ1v) is 5.39. The highest BCUT2D eigenvalue weighted by Gasteiger charge is 2.28. The van der Waals surface area contributed by atoms with Crippen molar-refractivity contribution < 1.29 is 14.3 Å². The van der Waals surface area contributed by atoms with Crippen LogP contribution in [0.5, 0.6) is 0 Å². The highest BCUT2D eigenvalue weighted by Crippen LogP contribution is 2.22. The number of methoxy groups -OCH3 is 1. The van der Waals surface area contributed by atoms with Crippen molar-refractivity contribution in [3.63, 3.8) is 0 Å². The molecule has 0 saturated carbocycles. The van der Waals surface area contributed by atoms with Gasteiger partial charge in [0, 0.05) is 37.9 Å². The monoisotopic (exact) mass is 224 g/mol. The van der Waals surface area contributed by atoms with Gasteiger partial charge in [0.25, 0.3) is 5.91 Å². The normalized spacial score (nSPS) is 26.9. The zero-order valence-electron chi connectivity index (χ0n) is 9.36. The summed E-state index contributed by atoms with van der Waals surface area (Å²) in [5, 5.41) is 7.70. The summed E-state index contributed by atoms with van der Waals surface area (Å²) < 4.78 is 10.3. The number of ether oxygens (including phenoxy) is 2. The minimum absolute atomic E-state index is 0.000726. The standard InChI is InChI=1S/C11H16N2O3/c1-15-10-6-8(2-3-9(10)12)13-4-5-16-7-11(13)14/h2,10,12H,3-7H2,1H3. The van der Waals surface area contributed by atoms with Gasteiger partial charge in [0.05, 0.1) is 6.61 Å². The summed E-state index contributed by atoms with van der Waals surface area (Å²) in [4.78, 5) is 13.4.